The molecule has 0 radical (unpaired) electrons. The van der Waals surface area contributed by atoms with Crippen molar-refractivity contribution in [2.75, 3.05) is 7.11 Å². The van der Waals surface area contributed by atoms with Crippen LogP contribution in [0.1, 0.15) is 42.3 Å². The fourth-order valence-electron chi connectivity index (χ4n) is 3.84. The molecule has 2 aromatic rings. The number of hydrogen-bond donors (Lipinski definition) is 1. The Morgan fingerprint density at radius 3 is 2.67 bits per heavy atom. The average molecular weight is 366 g/mol. The van der Waals surface area contributed by atoms with Crippen LogP contribution < -0.4 is 10.1 Å². The average Bonchev–Trinajstić information content (AvgIpc) is 2.66. The molecule has 0 fully saturated rings. The fraction of sp³-hybridized carbons (Fsp3) is 0.364. The molecule has 0 spiro atoms. The van der Waals surface area contributed by atoms with Gasteiger partial charge in [0.25, 0.3) is 5.91 Å². The van der Waals surface area contributed by atoms with E-state index in [-0.39, 0.29) is 17.9 Å². The highest BCUT2D eigenvalue weighted by Gasteiger charge is 2.47. The van der Waals surface area contributed by atoms with Gasteiger partial charge in [0.2, 0.25) is 5.91 Å². The molecule has 142 valence electrons. The molecule has 1 aliphatic rings. The topological polar surface area (TPSA) is 58.6 Å². The first-order chi connectivity index (χ1) is 12.9. The summed E-state index contributed by atoms with van der Waals surface area (Å²) >= 11 is 0. The molecule has 2 amide bonds. The molecular weight excluding hydrogens is 340 g/mol. The Morgan fingerprint density at radius 2 is 1.96 bits per heavy atom. The number of carbonyl (C=O) groups is 2. The lowest BCUT2D eigenvalue weighted by Gasteiger charge is -2.46. The van der Waals surface area contributed by atoms with Crippen LogP contribution in [0.3, 0.4) is 0 Å². The van der Waals surface area contributed by atoms with Crippen molar-refractivity contribution < 1.29 is 14.3 Å². The van der Waals surface area contributed by atoms with Crippen LogP contribution in [0.25, 0.3) is 0 Å². The van der Waals surface area contributed by atoms with Crippen molar-refractivity contribution in [1.82, 2.24) is 10.2 Å². The van der Waals surface area contributed by atoms with Crippen molar-refractivity contribution in [1.29, 1.82) is 0 Å². The van der Waals surface area contributed by atoms with E-state index < -0.39 is 5.54 Å². The molecule has 1 heterocycles. The molecule has 0 bridgehead atoms. The predicted molar refractivity (Wildman–Crippen MR) is 105 cm³/mol. The van der Waals surface area contributed by atoms with Gasteiger partial charge in [0.15, 0.2) is 0 Å². The van der Waals surface area contributed by atoms with Gasteiger partial charge in [-0.1, -0.05) is 30.3 Å². The van der Waals surface area contributed by atoms with E-state index in [1.165, 1.54) is 0 Å². The van der Waals surface area contributed by atoms with Gasteiger partial charge < -0.3 is 15.0 Å². The minimum absolute atomic E-state index is 0.0848. The lowest BCUT2D eigenvalue weighted by molar-refractivity contribution is -0.132. The van der Waals surface area contributed by atoms with Gasteiger partial charge in [-0.15, -0.1) is 0 Å². The third-order valence-electron chi connectivity index (χ3n) is 5.13. The van der Waals surface area contributed by atoms with E-state index in [1.807, 2.05) is 69.3 Å². The summed E-state index contributed by atoms with van der Waals surface area (Å²) < 4.78 is 5.23. The quantitative estimate of drug-likeness (QED) is 0.884. The summed E-state index contributed by atoms with van der Waals surface area (Å²) in [5, 5.41) is 3.01. The molecule has 1 atom stereocenters. The summed E-state index contributed by atoms with van der Waals surface area (Å²) in [6, 6.07) is 15.0. The second-order valence-electron chi connectivity index (χ2n) is 7.41. The van der Waals surface area contributed by atoms with Crippen molar-refractivity contribution in [3.63, 3.8) is 0 Å². The van der Waals surface area contributed by atoms with E-state index in [2.05, 4.69) is 5.32 Å². The first-order valence-electron chi connectivity index (χ1n) is 9.19. The second-order valence-corrected chi connectivity index (χ2v) is 7.41. The normalized spacial score (nSPS) is 19.0. The van der Waals surface area contributed by atoms with Gasteiger partial charge in [-0.2, -0.15) is 0 Å². The summed E-state index contributed by atoms with van der Waals surface area (Å²) in [6.07, 6.45) is 0.497. The molecule has 0 saturated carbocycles. The molecule has 0 aromatic heterocycles. The van der Waals surface area contributed by atoms with E-state index in [0.29, 0.717) is 18.5 Å². The molecular formula is C22H26N2O3. The van der Waals surface area contributed by atoms with Gasteiger partial charge in [-0.25, -0.2) is 0 Å². The minimum atomic E-state index is -0.932. The van der Waals surface area contributed by atoms with Crippen molar-refractivity contribution in [3.05, 3.63) is 65.2 Å². The molecule has 0 aliphatic carbocycles. The zero-order valence-corrected chi connectivity index (χ0v) is 16.3. The number of carbonyl (C=O) groups excluding carboxylic acids is 2. The van der Waals surface area contributed by atoms with E-state index in [9.17, 15) is 9.59 Å². The minimum Gasteiger partial charge on any atom is -0.497 e. The van der Waals surface area contributed by atoms with Gasteiger partial charge >= 0.3 is 0 Å². The van der Waals surface area contributed by atoms with Crippen LogP contribution in [-0.2, 0) is 17.8 Å². The highest BCUT2D eigenvalue weighted by atomic mass is 16.5. The smallest absolute Gasteiger partial charge is 0.255 e. The largest absolute Gasteiger partial charge is 0.497 e. The van der Waals surface area contributed by atoms with Gasteiger partial charge in [0, 0.05) is 24.6 Å². The van der Waals surface area contributed by atoms with E-state index in [1.54, 1.807) is 12.0 Å². The number of hydrogen-bond acceptors (Lipinski definition) is 3. The van der Waals surface area contributed by atoms with Crippen LogP contribution in [-0.4, -0.2) is 35.4 Å². The van der Waals surface area contributed by atoms with E-state index >= 15 is 0 Å². The van der Waals surface area contributed by atoms with Crippen LogP contribution in [0.15, 0.2) is 48.5 Å². The number of ether oxygens (including phenoxy) is 1. The van der Waals surface area contributed by atoms with Crippen LogP contribution in [0.4, 0.5) is 0 Å². The monoisotopic (exact) mass is 366 g/mol. The number of nitrogens with one attached hydrogen (secondary N) is 1. The maximum absolute atomic E-state index is 13.2. The Balaban J connectivity index is 1.85. The molecule has 1 aliphatic heterocycles. The van der Waals surface area contributed by atoms with Crippen molar-refractivity contribution in [2.24, 2.45) is 0 Å². The van der Waals surface area contributed by atoms with Gasteiger partial charge in [0.1, 0.15) is 11.3 Å². The van der Waals surface area contributed by atoms with Gasteiger partial charge in [0.05, 0.1) is 7.11 Å². The zero-order chi connectivity index (χ0) is 19.6. The third-order valence-corrected chi connectivity index (χ3v) is 5.13. The third kappa shape index (κ3) is 3.54. The SMILES string of the molecule is COc1cccc(CNC(=O)C2(C)Cc3ccccc3C(=O)N2C(C)C)c1. The maximum Gasteiger partial charge on any atom is 0.255 e. The number of methoxy groups -OCH3 is 1. The van der Waals surface area contributed by atoms with E-state index in [4.69, 9.17) is 4.74 Å². The first kappa shape index (κ1) is 19.0. The number of nitrogens with zero attached hydrogens (tertiary/aromatic N) is 1. The number of rotatable bonds is 5. The fourth-order valence-corrected chi connectivity index (χ4v) is 3.84. The van der Waals surface area contributed by atoms with Gasteiger partial charge in [-0.05, 0) is 50.1 Å². The predicted octanol–water partition coefficient (Wildman–Crippen LogP) is 3.18. The summed E-state index contributed by atoms with van der Waals surface area (Å²) in [5.74, 6) is 0.506. The Labute approximate surface area is 160 Å². The number of amides is 2. The van der Waals surface area contributed by atoms with Crippen LogP contribution in [0, 0.1) is 0 Å². The Hall–Kier alpha value is -2.82. The summed E-state index contributed by atoms with van der Waals surface area (Å²) in [4.78, 5) is 28.0. The summed E-state index contributed by atoms with van der Waals surface area (Å²) in [5.41, 5.74) is 1.62. The molecule has 1 N–H and O–H groups in total. The molecule has 1 unspecified atom stereocenters. The molecule has 2 aromatic carbocycles. The summed E-state index contributed by atoms with van der Waals surface area (Å²) in [7, 11) is 1.62. The Kier molecular flexibility index (Phi) is 5.22. The highest BCUT2D eigenvalue weighted by molar-refractivity contribution is 6.02. The summed E-state index contributed by atoms with van der Waals surface area (Å²) in [6.45, 7) is 6.12. The molecule has 3 rings (SSSR count). The number of benzene rings is 2. The second kappa shape index (κ2) is 7.43. The highest BCUT2D eigenvalue weighted by Crippen LogP contribution is 2.33. The van der Waals surface area contributed by atoms with Crippen molar-refractivity contribution >= 4 is 11.8 Å². The van der Waals surface area contributed by atoms with Crippen LogP contribution in [0.5, 0.6) is 5.75 Å². The number of fused-ring (bicyclic) bond motifs is 1. The molecule has 5 nitrogen and oxygen atoms in total. The van der Waals surface area contributed by atoms with Crippen LogP contribution >= 0.6 is 0 Å². The van der Waals surface area contributed by atoms with E-state index in [0.717, 1.165) is 16.9 Å². The lowest BCUT2D eigenvalue weighted by Crippen LogP contribution is -2.64. The van der Waals surface area contributed by atoms with Crippen LogP contribution in [0.2, 0.25) is 0 Å². The first-order valence-corrected chi connectivity index (χ1v) is 9.19. The van der Waals surface area contributed by atoms with Crippen molar-refractivity contribution in [3.8, 4) is 5.75 Å². The molecule has 5 heteroatoms. The lowest BCUT2D eigenvalue weighted by atomic mass is 9.82. The van der Waals surface area contributed by atoms with Gasteiger partial charge in [-0.3, -0.25) is 9.59 Å². The maximum atomic E-state index is 13.2. The zero-order valence-electron chi connectivity index (χ0n) is 16.3. The molecule has 27 heavy (non-hydrogen) atoms. The Morgan fingerprint density at radius 1 is 1.22 bits per heavy atom. The standard InChI is InChI=1S/C22H26N2O3/c1-15(2)24-20(25)19-11-6-5-9-17(19)13-22(24,3)21(26)23-14-16-8-7-10-18(12-16)27-4/h5-12,15H,13-14H2,1-4H3,(H,23,26). The Bertz CT molecular complexity index is 862. The molecule has 0 saturated heterocycles. The van der Waals surface area contributed by atoms with Crippen molar-refractivity contribution in [2.45, 2.75) is 45.3 Å².